The van der Waals surface area contributed by atoms with Crippen LogP contribution in [0.25, 0.3) is 0 Å². The molecule has 18 heteroatoms. The van der Waals surface area contributed by atoms with E-state index in [1.807, 2.05) is 197 Å². The molecule has 0 atom stereocenters. The van der Waals surface area contributed by atoms with Crippen LogP contribution in [0.3, 0.4) is 0 Å². The molecule has 18 nitrogen and oxygen atoms in total. The Bertz CT molecular complexity index is 3170. The highest BCUT2D eigenvalue weighted by Gasteiger charge is 2.33. The summed E-state index contributed by atoms with van der Waals surface area (Å²) in [7, 11) is 0. The maximum absolute atomic E-state index is 12.8. The molecule has 0 fully saturated rings. The lowest BCUT2D eigenvalue weighted by molar-refractivity contribution is -0.140. The molecular weight excluding hydrogens is 1220 g/mol. The molecule has 6 aromatic rings. The summed E-state index contributed by atoms with van der Waals surface area (Å²) in [5, 5.41) is 62.5. The molecule has 0 aromatic heterocycles. The molecule has 0 spiro atoms. The first-order valence-electron chi connectivity index (χ1n) is 32.3. The van der Waals surface area contributed by atoms with Gasteiger partial charge in [0.2, 0.25) is 0 Å². The third-order valence-corrected chi connectivity index (χ3v) is 17.0. The van der Waals surface area contributed by atoms with Crippen molar-refractivity contribution in [1.29, 1.82) is 0 Å². The molecule has 0 saturated carbocycles. The Balaban J connectivity index is 1.78. The number of carboxylic acids is 6. The number of hydrogen-bond donors (Lipinski definition) is 6. The number of benzene rings is 6. The Morgan fingerprint density at radius 3 is 0.396 bits per heavy atom. The minimum absolute atomic E-state index is 0.0137. The van der Waals surface area contributed by atoms with Crippen LogP contribution in [-0.4, -0.2) is 106 Å². The molecule has 0 saturated heterocycles. The van der Waals surface area contributed by atoms with Gasteiger partial charge in [-0.25, -0.2) is 28.8 Å². The Kier molecular flexibility index (Phi) is 22.2. The summed E-state index contributed by atoms with van der Waals surface area (Å²) in [6.07, 6.45) is -0.0822. The number of fused-ring (bicyclic) bond motifs is 12. The zero-order valence-electron chi connectivity index (χ0n) is 59.0. The first-order chi connectivity index (χ1) is 44.3. The topological polar surface area (TPSA) is 279 Å². The largest absolute Gasteiger partial charge is 0.481 e. The van der Waals surface area contributed by atoms with Gasteiger partial charge in [-0.05, 0) is 133 Å². The molecule has 12 bridgehead atoms. The van der Waals surface area contributed by atoms with Crippen molar-refractivity contribution in [2.45, 2.75) is 196 Å². The van der Waals surface area contributed by atoms with Crippen LogP contribution < -0.4 is 28.4 Å². The Morgan fingerprint density at radius 1 is 0.229 bits per heavy atom. The van der Waals surface area contributed by atoms with Crippen LogP contribution in [0.5, 0.6) is 34.5 Å². The number of hydrogen-bond acceptors (Lipinski definition) is 12. The fourth-order valence-electron chi connectivity index (χ4n) is 11.8. The van der Waals surface area contributed by atoms with E-state index < -0.39 is 108 Å². The molecule has 96 heavy (non-hydrogen) atoms. The van der Waals surface area contributed by atoms with Gasteiger partial charge in [-0.15, -0.1) is 0 Å². The Morgan fingerprint density at radius 2 is 0.323 bits per heavy atom. The summed E-state index contributed by atoms with van der Waals surface area (Å²) in [4.78, 5) is 76.7. The highest BCUT2D eigenvalue weighted by Crippen LogP contribution is 2.46. The normalized spacial score (nSPS) is 13.2. The Labute approximate surface area is 563 Å². The first-order valence-corrected chi connectivity index (χ1v) is 32.3. The van der Waals surface area contributed by atoms with Gasteiger partial charge in [-0.2, -0.15) is 0 Å². The predicted molar refractivity (Wildman–Crippen MR) is 366 cm³/mol. The van der Waals surface area contributed by atoms with Crippen molar-refractivity contribution in [3.63, 3.8) is 0 Å². The molecule has 6 N–H and O–H groups in total. The van der Waals surface area contributed by atoms with E-state index in [1.165, 1.54) is 0 Å². The van der Waals surface area contributed by atoms with Gasteiger partial charge >= 0.3 is 35.8 Å². The van der Waals surface area contributed by atoms with Gasteiger partial charge in [-0.1, -0.05) is 197 Å². The summed E-state index contributed by atoms with van der Waals surface area (Å²) in [6, 6.07) is 23.3. The van der Waals surface area contributed by atoms with Crippen molar-refractivity contribution in [1.82, 2.24) is 0 Å². The van der Waals surface area contributed by atoms with Crippen LogP contribution >= 0.6 is 0 Å². The van der Waals surface area contributed by atoms with Crippen molar-refractivity contribution in [2.75, 3.05) is 39.6 Å². The summed E-state index contributed by atoms with van der Waals surface area (Å²) in [5.41, 5.74) is 7.60. The fraction of sp³-hybridized carbons (Fsp3) is 0.462. The van der Waals surface area contributed by atoms with E-state index >= 15 is 0 Å². The smallest absolute Gasteiger partial charge is 0.341 e. The van der Waals surface area contributed by atoms with Crippen LogP contribution in [-0.2, 0) is 99.8 Å². The predicted octanol–water partition coefficient (Wildman–Crippen LogP) is 14.1. The molecule has 0 heterocycles. The molecule has 0 amide bonds. The van der Waals surface area contributed by atoms with E-state index in [0.717, 1.165) is 33.4 Å². The van der Waals surface area contributed by atoms with E-state index in [-0.39, 0.29) is 73.0 Å². The number of aliphatic carboxylic acids is 6. The number of carboxylic acid groups (broad SMARTS) is 6. The van der Waals surface area contributed by atoms with E-state index in [0.29, 0.717) is 66.8 Å². The average Bonchev–Trinajstić information content (AvgIpc) is 0.772. The van der Waals surface area contributed by atoms with Gasteiger partial charge in [0.05, 0.1) is 0 Å². The van der Waals surface area contributed by atoms with Crippen LogP contribution in [0.15, 0.2) is 72.8 Å². The van der Waals surface area contributed by atoms with Gasteiger partial charge in [0.15, 0.2) is 39.6 Å². The third-order valence-electron chi connectivity index (χ3n) is 17.0. The minimum atomic E-state index is -1.27. The second-order valence-electron chi connectivity index (χ2n) is 31.4. The molecule has 7 rings (SSSR count). The molecule has 1 aliphatic rings. The minimum Gasteiger partial charge on any atom is -0.481 e. The lowest BCUT2D eigenvalue weighted by Gasteiger charge is -2.29. The maximum atomic E-state index is 12.8. The number of ether oxygens (including phenoxy) is 6. The SMILES string of the molecule is CC(C)(C)c1cc2c(OCC(=O)O)c(c1)Cc1cc(C(C)(C)C)cc(c1OCC(=O)O)Cc1cc(C(C)(C)C)cc(c1OCC(=O)O)Cc1cc(C(C)(C)C)cc(c1OCC(=O)O)Cc1cc(C(C)(C)C)cc(c1OCC(=O)O)Cc1cc(C(C)(C)C)cc(c1OCC(=O)O)C2. The second-order valence-corrected chi connectivity index (χ2v) is 31.4. The van der Waals surface area contributed by atoms with E-state index in [1.54, 1.807) is 0 Å². The Hall–Kier alpha value is -9.06. The zero-order valence-corrected chi connectivity index (χ0v) is 59.0. The average molecular weight is 1320 g/mol. The maximum Gasteiger partial charge on any atom is 0.341 e. The van der Waals surface area contributed by atoms with Crippen LogP contribution in [0.2, 0.25) is 0 Å². The standard InChI is InChI=1S/C78H96O18/c1-73(2,3)55-25-43-19-45-27-56(74(4,5)6)29-47(68(45)92-38-62(81)82)21-49-31-58(76(10,11)12)33-51(70(49)94-40-64(85)86)23-53-35-60(78(16,17)18)36-54(72(53)96-42-66(89)90)24-52-34-59(77(13,14)15)32-50(71(52)95-41-65(87)88)22-48-30-57(75(7,8)9)28-46(69(48)93-39-63(83)84)20-44(26-55)67(43)91-37-61(79)80/h25-36H,19-24,37-42H2,1-18H3,(H,79,80)(H,81,82)(H,83,84)(H,85,86)(H,87,88)(H,89,90). The summed E-state index contributed by atoms with van der Waals surface area (Å²) < 4.78 is 38.9. The van der Waals surface area contributed by atoms with Crippen molar-refractivity contribution < 1.29 is 87.8 Å². The fourth-order valence-corrected chi connectivity index (χ4v) is 11.8. The van der Waals surface area contributed by atoms with Gasteiger partial charge in [-0.3, -0.25) is 0 Å². The lowest BCUT2D eigenvalue weighted by Crippen LogP contribution is -2.20. The molecule has 1 aliphatic carbocycles. The quantitative estimate of drug-likeness (QED) is 0.0466. The van der Waals surface area contributed by atoms with Crippen LogP contribution in [0, 0.1) is 0 Å². The lowest BCUT2D eigenvalue weighted by atomic mass is 9.79. The third kappa shape index (κ3) is 19.1. The van der Waals surface area contributed by atoms with Gasteiger partial charge < -0.3 is 59.1 Å². The van der Waals surface area contributed by atoms with Crippen molar-refractivity contribution in [3.05, 3.63) is 173 Å². The number of rotatable bonds is 18. The molecule has 6 aromatic carbocycles. The molecular formula is C78H96O18. The van der Waals surface area contributed by atoms with Crippen LogP contribution in [0.1, 0.15) is 225 Å². The summed E-state index contributed by atoms with van der Waals surface area (Å²) >= 11 is 0. The molecule has 0 aliphatic heterocycles. The van der Waals surface area contributed by atoms with Gasteiger partial charge in [0, 0.05) is 38.5 Å². The monoisotopic (exact) mass is 1320 g/mol. The molecule has 0 unspecified atom stereocenters. The van der Waals surface area contributed by atoms with Crippen LogP contribution in [0.4, 0.5) is 0 Å². The molecule has 516 valence electrons. The highest BCUT2D eigenvalue weighted by molar-refractivity contribution is 5.73. The van der Waals surface area contributed by atoms with Gasteiger partial charge in [0.25, 0.3) is 0 Å². The second kappa shape index (κ2) is 28.7. The van der Waals surface area contributed by atoms with Crippen molar-refractivity contribution >= 4 is 35.8 Å². The number of carbonyl (C=O) groups is 6. The zero-order chi connectivity index (χ0) is 71.5. The highest BCUT2D eigenvalue weighted by atomic mass is 16.5. The molecule has 0 radical (unpaired) electrons. The van der Waals surface area contributed by atoms with E-state index in [9.17, 15) is 59.4 Å². The van der Waals surface area contributed by atoms with Crippen molar-refractivity contribution in [3.8, 4) is 34.5 Å². The van der Waals surface area contributed by atoms with Crippen molar-refractivity contribution in [2.24, 2.45) is 0 Å². The van der Waals surface area contributed by atoms with E-state index in [2.05, 4.69) is 0 Å². The first kappa shape index (κ1) is 74.3. The van der Waals surface area contributed by atoms with E-state index in [4.69, 9.17) is 28.4 Å². The summed E-state index contributed by atoms with van der Waals surface area (Å²) in [6.45, 7) is 31.9. The summed E-state index contributed by atoms with van der Waals surface area (Å²) in [5.74, 6) is -6.42. The van der Waals surface area contributed by atoms with Gasteiger partial charge in [0.1, 0.15) is 34.5 Å².